The normalized spacial score (nSPS) is 13.1. The average molecular weight is 280 g/mol. The van der Waals surface area contributed by atoms with Crippen LogP contribution in [0.2, 0.25) is 0 Å². The Kier molecular flexibility index (Phi) is 4.20. The van der Waals surface area contributed by atoms with Gasteiger partial charge in [0.1, 0.15) is 0 Å². The number of anilines is 1. The highest BCUT2D eigenvalue weighted by molar-refractivity contribution is 5.78. The van der Waals surface area contributed by atoms with Gasteiger partial charge in [-0.15, -0.1) is 0 Å². The summed E-state index contributed by atoms with van der Waals surface area (Å²) in [6, 6.07) is 16.2. The van der Waals surface area contributed by atoms with Gasteiger partial charge in [0.05, 0.1) is 6.42 Å². The number of carbonyl (C=O) groups is 1. The van der Waals surface area contributed by atoms with Crippen LogP contribution in [0.25, 0.3) is 0 Å². The Morgan fingerprint density at radius 1 is 1.10 bits per heavy atom. The van der Waals surface area contributed by atoms with Crippen LogP contribution in [0.4, 0.5) is 5.69 Å². The van der Waals surface area contributed by atoms with E-state index in [2.05, 4.69) is 28.8 Å². The Morgan fingerprint density at radius 2 is 1.95 bits per heavy atom. The molecular formula is C18H20N2O. The van der Waals surface area contributed by atoms with Crippen LogP contribution in [0, 0.1) is 0 Å². The van der Waals surface area contributed by atoms with Crippen molar-refractivity contribution >= 4 is 11.6 Å². The fraction of sp³-hybridized carbons (Fsp3) is 0.278. The van der Waals surface area contributed by atoms with E-state index in [0.29, 0.717) is 13.0 Å². The largest absolute Gasteiger partial charge is 0.385 e. The molecule has 3 rings (SSSR count). The number of hydrogen-bond acceptors (Lipinski definition) is 2. The molecule has 108 valence electrons. The highest BCUT2D eigenvalue weighted by Crippen LogP contribution is 2.25. The molecule has 0 atom stereocenters. The van der Waals surface area contributed by atoms with E-state index < -0.39 is 0 Å². The van der Waals surface area contributed by atoms with Gasteiger partial charge in [-0.1, -0.05) is 48.5 Å². The van der Waals surface area contributed by atoms with Crippen molar-refractivity contribution in [2.24, 2.45) is 0 Å². The summed E-state index contributed by atoms with van der Waals surface area (Å²) in [6.07, 6.45) is 2.73. The van der Waals surface area contributed by atoms with E-state index in [1.54, 1.807) is 0 Å². The van der Waals surface area contributed by atoms with E-state index in [9.17, 15) is 4.79 Å². The van der Waals surface area contributed by atoms with Crippen LogP contribution in [0.5, 0.6) is 0 Å². The minimum atomic E-state index is 0.0645. The second kappa shape index (κ2) is 6.44. The van der Waals surface area contributed by atoms with Crippen molar-refractivity contribution in [2.75, 3.05) is 11.9 Å². The number of carbonyl (C=O) groups excluding carboxylic acids is 1. The molecule has 1 aliphatic heterocycles. The second-order valence-electron chi connectivity index (χ2n) is 5.42. The third-order valence-electron chi connectivity index (χ3n) is 3.85. The summed E-state index contributed by atoms with van der Waals surface area (Å²) in [5, 5.41) is 6.47. The number of rotatable bonds is 4. The minimum Gasteiger partial charge on any atom is -0.385 e. The lowest BCUT2D eigenvalue weighted by molar-refractivity contribution is -0.120. The monoisotopic (exact) mass is 280 g/mol. The number of benzene rings is 2. The van der Waals surface area contributed by atoms with Crippen LogP contribution < -0.4 is 10.6 Å². The maximum absolute atomic E-state index is 12.0. The molecule has 2 aromatic rings. The quantitative estimate of drug-likeness (QED) is 0.904. The molecule has 2 aromatic carbocycles. The maximum atomic E-state index is 12.0. The molecule has 0 radical (unpaired) electrons. The molecular weight excluding hydrogens is 260 g/mol. The first-order chi connectivity index (χ1) is 10.3. The van der Waals surface area contributed by atoms with Crippen molar-refractivity contribution in [1.29, 1.82) is 0 Å². The predicted molar refractivity (Wildman–Crippen MR) is 85.2 cm³/mol. The zero-order chi connectivity index (χ0) is 14.5. The van der Waals surface area contributed by atoms with Crippen molar-refractivity contribution in [1.82, 2.24) is 5.32 Å². The van der Waals surface area contributed by atoms with Crippen LogP contribution in [-0.4, -0.2) is 12.5 Å². The van der Waals surface area contributed by atoms with E-state index in [-0.39, 0.29) is 5.91 Å². The lowest BCUT2D eigenvalue weighted by Crippen LogP contribution is -2.25. The Labute approximate surface area is 125 Å². The van der Waals surface area contributed by atoms with Gasteiger partial charge in [0.25, 0.3) is 0 Å². The number of aryl methyl sites for hydroxylation is 1. The molecule has 0 unspecified atom stereocenters. The Balaban J connectivity index is 1.61. The SMILES string of the molecule is O=C(Cc1ccccc1)NCc1cccc2c1NCCC2. The van der Waals surface area contributed by atoms with Crippen LogP contribution in [0.3, 0.4) is 0 Å². The van der Waals surface area contributed by atoms with E-state index in [0.717, 1.165) is 18.5 Å². The first-order valence-corrected chi connectivity index (χ1v) is 7.48. The summed E-state index contributed by atoms with van der Waals surface area (Å²) in [6.45, 7) is 1.60. The molecule has 0 aromatic heterocycles. The van der Waals surface area contributed by atoms with Gasteiger partial charge < -0.3 is 10.6 Å². The standard InChI is InChI=1S/C18H20N2O/c21-17(12-14-6-2-1-3-7-14)20-13-16-9-4-8-15-10-5-11-19-18(15)16/h1-4,6-9,19H,5,10-13H2,(H,20,21). The Bertz CT molecular complexity index is 622. The van der Waals surface area contributed by atoms with Gasteiger partial charge in [-0.3, -0.25) is 4.79 Å². The molecule has 0 fully saturated rings. The molecule has 0 spiro atoms. The molecule has 0 saturated carbocycles. The summed E-state index contributed by atoms with van der Waals surface area (Å²) < 4.78 is 0. The Morgan fingerprint density at radius 3 is 2.81 bits per heavy atom. The fourth-order valence-corrected chi connectivity index (χ4v) is 2.77. The first kappa shape index (κ1) is 13.7. The number of para-hydroxylation sites is 1. The third-order valence-corrected chi connectivity index (χ3v) is 3.85. The molecule has 21 heavy (non-hydrogen) atoms. The zero-order valence-electron chi connectivity index (χ0n) is 12.1. The summed E-state index contributed by atoms with van der Waals surface area (Å²) in [4.78, 5) is 12.0. The topological polar surface area (TPSA) is 41.1 Å². The average Bonchev–Trinajstić information content (AvgIpc) is 2.54. The van der Waals surface area contributed by atoms with Crippen LogP contribution in [0.1, 0.15) is 23.1 Å². The van der Waals surface area contributed by atoms with Crippen LogP contribution in [-0.2, 0) is 24.2 Å². The molecule has 1 heterocycles. The molecule has 3 nitrogen and oxygen atoms in total. The third kappa shape index (κ3) is 3.43. The number of hydrogen-bond donors (Lipinski definition) is 2. The van der Waals surface area contributed by atoms with Gasteiger partial charge in [-0.05, 0) is 29.5 Å². The van der Waals surface area contributed by atoms with Gasteiger partial charge in [-0.25, -0.2) is 0 Å². The predicted octanol–water partition coefficient (Wildman–Crippen LogP) is 2.90. The van der Waals surface area contributed by atoms with Gasteiger partial charge in [-0.2, -0.15) is 0 Å². The van der Waals surface area contributed by atoms with Crippen LogP contribution in [0.15, 0.2) is 48.5 Å². The minimum absolute atomic E-state index is 0.0645. The summed E-state index contributed by atoms with van der Waals surface area (Å²) in [5.74, 6) is 0.0645. The molecule has 0 aliphatic carbocycles. The summed E-state index contributed by atoms with van der Waals surface area (Å²) in [5.41, 5.74) is 4.79. The van der Waals surface area contributed by atoms with E-state index in [1.165, 1.54) is 23.2 Å². The van der Waals surface area contributed by atoms with Crippen molar-refractivity contribution in [2.45, 2.75) is 25.8 Å². The summed E-state index contributed by atoms with van der Waals surface area (Å²) >= 11 is 0. The van der Waals surface area contributed by atoms with E-state index in [1.807, 2.05) is 30.3 Å². The number of nitrogens with one attached hydrogen (secondary N) is 2. The highest BCUT2D eigenvalue weighted by atomic mass is 16.1. The Hall–Kier alpha value is -2.29. The van der Waals surface area contributed by atoms with Crippen LogP contribution >= 0.6 is 0 Å². The van der Waals surface area contributed by atoms with E-state index >= 15 is 0 Å². The maximum Gasteiger partial charge on any atom is 0.224 e. The van der Waals surface area contributed by atoms with Gasteiger partial charge in [0, 0.05) is 18.8 Å². The number of amides is 1. The number of fused-ring (bicyclic) bond motifs is 1. The first-order valence-electron chi connectivity index (χ1n) is 7.48. The molecule has 0 saturated heterocycles. The van der Waals surface area contributed by atoms with Gasteiger partial charge >= 0.3 is 0 Å². The van der Waals surface area contributed by atoms with Gasteiger partial charge in [0.15, 0.2) is 0 Å². The van der Waals surface area contributed by atoms with Gasteiger partial charge in [0.2, 0.25) is 5.91 Å². The lowest BCUT2D eigenvalue weighted by atomic mass is 9.99. The van der Waals surface area contributed by atoms with Crippen molar-refractivity contribution in [3.63, 3.8) is 0 Å². The lowest BCUT2D eigenvalue weighted by Gasteiger charge is -2.21. The molecule has 2 N–H and O–H groups in total. The summed E-state index contributed by atoms with van der Waals surface area (Å²) in [7, 11) is 0. The molecule has 3 heteroatoms. The van der Waals surface area contributed by atoms with Crippen molar-refractivity contribution in [3.8, 4) is 0 Å². The molecule has 0 bridgehead atoms. The van der Waals surface area contributed by atoms with Crippen molar-refractivity contribution < 1.29 is 4.79 Å². The molecule has 1 aliphatic rings. The molecule has 1 amide bonds. The highest BCUT2D eigenvalue weighted by Gasteiger charge is 2.12. The second-order valence-corrected chi connectivity index (χ2v) is 5.42. The van der Waals surface area contributed by atoms with Crippen molar-refractivity contribution in [3.05, 3.63) is 65.2 Å². The fourth-order valence-electron chi connectivity index (χ4n) is 2.77. The smallest absolute Gasteiger partial charge is 0.224 e. The van der Waals surface area contributed by atoms with E-state index in [4.69, 9.17) is 0 Å². The zero-order valence-corrected chi connectivity index (χ0v) is 12.1.